The van der Waals surface area contributed by atoms with E-state index in [0.717, 1.165) is 21.0 Å². The van der Waals surface area contributed by atoms with Crippen molar-refractivity contribution in [3.05, 3.63) is 71.2 Å². The Balaban J connectivity index is 1.46. The van der Waals surface area contributed by atoms with Crippen LogP contribution in [0.1, 0.15) is 0 Å². The zero-order chi connectivity index (χ0) is 18.4. The molecule has 132 valence electrons. The van der Waals surface area contributed by atoms with Gasteiger partial charge in [-0.3, -0.25) is 9.36 Å². The molecule has 7 heteroatoms. The molecular weight excluding hydrogens is 362 g/mol. The summed E-state index contributed by atoms with van der Waals surface area (Å²) < 4.78 is 7.47. The molecule has 27 heavy (non-hydrogen) atoms. The van der Waals surface area contributed by atoms with Gasteiger partial charge < -0.3 is 9.73 Å². The first-order valence-electron chi connectivity index (χ1n) is 8.35. The van der Waals surface area contributed by atoms with E-state index in [-0.39, 0.29) is 12.5 Å². The molecule has 0 aliphatic rings. The lowest BCUT2D eigenvalue weighted by Crippen LogP contribution is -2.24. The Hall–Kier alpha value is -3.45. The van der Waals surface area contributed by atoms with Gasteiger partial charge in [-0.25, -0.2) is 9.78 Å². The Morgan fingerprint density at radius 2 is 1.89 bits per heavy atom. The van der Waals surface area contributed by atoms with E-state index in [0.29, 0.717) is 16.2 Å². The lowest BCUT2D eigenvalue weighted by atomic mass is 10.1. The van der Waals surface area contributed by atoms with E-state index >= 15 is 0 Å². The molecular formula is C20H13N3O3S. The van der Waals surface area contributed by atoms with Crippen molar-refractivity contribution in [3.8, 4) is 0 Å². The first-order chi connectivity index (χ1) is 13.2. The number of benzene rings is 3. The van der Waals surface area contributed by atoms with E-state index in [1.54, 1.807) is 24.3 Å². The van der Waals surface area contributed by atoms with E-state index in [1.807, 2.05) is 36.4 Å². The number of nitrogens with zero attached hydrogens (tertiary/aromatic N) is 2. The zero-order valence-electron chi connectivity index (χ0n) is 14.0. The number of para-hydroxylation sites is 2. The molecule has 0 radical (unpaired) electrons. The second-order valence-electron chi connectivity index (χ2n) is 6.12. The Bertz CT molecular complexity index is 1380. The molecule has 1 N–H and O–H groups in total. The average Bonchev–Trinajstić information content (AvgIpc) is 3.22. The third-order valence-electron chi connectivity index (χ3n) is 4.41. The molecule has 0 atom stereocenters. The quantitative estimate of drug-likeness (QED) is 0.517. The minimum Gasteiger partial charge on any atom is -0.408 e. The van der Waals surface area contributed by atoms with Gasteiger partial charge in [-0.05, 0) is 23.6 Å². The van der Waals surface area contributed by atoms with Crippen LogP contribution < -0.4 is 11.1 Å². The highest BCUT2D eigenvalue weighted by molar-refractivity contribution is 7.22. The van der Waals surface area contributed by atoms with Crippen molar-refractivity contribution in [2.75, 3.05) is 5.32 Å². The van der Waals surface area contributed by atoms with Crippen LogP contribution in [0.5, 0.6) is 0 Å². The molecule has 2 aromatic heterocycles. The zero-order valence-corrected chi connectivity index (χ0v) is 14.8. The van der Waals surface area contributed by atoms with Crippen LogP contribution in [0.2, 0.25) is 0 Å². The molecule has 0 saturated heterocycles. The van der Waals surface area contributed by atoms with E-state index < -0.39 is 5.76 Å². The third-order valence-corrected chi connectivity index (χ3v) is 5.34. The molecule has 0 fully saturated rings. The number of aromatic nitrogens is 2. The lowest BCUT2D eigenvalue weighted by Gasteiger charge is -2.02. The fraction of sp³-hybridized carbons (Fsp3) is 0.0500. The molecule has 2 heterocycles. The van der Waals surface area contributed by atoms with Crippen LogP contribution in [0, 0.1) is 0 Å². The molecule has 0 bridgehead atoms. The summed E-state index contributed by atoms with van der Waals surface area (Å²) in [6.45, 7) is -0.132. The molecule has 0 saturated carbocycles. The monoisotopic (exact) mass is 375 g/mol. The summed E-state index contributed by atoms with van der Waals surface area (Å²) in [5.41, 5.74) is 1.91. The molecule has 0 unspecified atom stereocenters. The fourth-order valence-electron chi connectivity index (χ4n) is 3.18. The minimum atomic E-state index is -0.554. The maximum absolute atomic E-state index is 12.5. The summed E-state index contributed by atoms with van der Waals surface area (Å²) in [4.78, 5) is 29.1. The summed E-state index contributed by atoms with van der Waals surface area (Å²) in [6.07, 6.45) is 0. The SMILES string of the molecule is O=C(Cn1c(=O)oc2ccccc21)Nc1nc2c(ccc3ccccc32)s1. The Kier molecular flexibility index (Phi) is 3.54. The number of oxazole rings is 1. The van der Waals surface area contributed by atoms with Gasteiger partial charge in [-0.1, -0.05) is 53.8 Å². The number of hydrogen-bond donors (Lipinski definition) is 1. The highest BCUT2D eigenvalue weighted by Gasteiger charge is 2.14. The average molecular weight is 375 g/mol. The summed E-state index contributed by atoms with van der Waals surface area (Å²) in [6, 6.07) is 19.1. The molecule has 3 aromatic carbocycles. The molecule has 6 nitrogen and oxygen atoms in total. The third kappa shape index (κ3) is 2.69. The number of amides is 1. The predicted octanol–water partition coefficient (Wildman–Crippen LogP) is 4.00. The van der Waals surface area contributed by atoms with Crippen LogP contribution in [0.15, 0.2) is 69.9 Å². The van der Waals surface area contributed by atoms with Crippen molar-refractivity contribution < 1.29 is 9.21 Å². The largest absolute Gasteiger partial charge is 0.420 e. The first-order valence-corrected chi connectivity index (χ1v) is 9.17. The molecule has 0 aliphatic heterocycles. The van der Waals surface area contributed by atoms with Gasteiger partial charge in [0.1, 0.15) is 6.54 Å². The summed E-state index contributed by atoms with van der Waals surface area (Å²) in [5.74, 6) is -0.881. The van der Waals surface area contributed by atoms with Gasteiger partial charge in [0.05, 0.1) is 15.7 Å². The molecule has 0 spiro atoms. The normalized spacial score (nSPS) is 11.4. The van der Waals surface area contributed by atoms with E-state index in [2.05, 4.69) is 10.3 Å². The van der Waals surface area contributed by atoms with E-state index in [9.17, 15) is 9.59 Å². The van der Waals surface area contributed by atoms with E-state index in [1.165, 1.54) is 15.9 Å². The summed E-state index contributed by atoms with van der Waals surface area (Å²) in [7, 11) is 0. The van der Waals surface area contributed by atoms with Crippen LogP contribution in [-0.2, 0) is 11.3 Å². The number of rotatable bonds is 3. The number of thiazole rings is 1. The maximum atomic E-state index is 12.5. The topological polar surface area (TPSA) is 77.1 Å². The Labute approximate surface area is 156 Å². The molecule has 5 aromatic rings. The van der Waals surface area contributed by atoms with Gasteiger partial charge in [0.25, 0.3) is 0 Å². The number of nitrogens with one attached hydrogen (secondary N) is 1. The highest BCUT2D eigenvalue weighted by Crippen LogP contribution is 2.31. The second-order valence-corrected chi connectivity index (χ2v) is 7.15. The summed E-state index contributed by atoms with van der Waals surface area (Å²) >= 11 is 1.41. The maximum Gasteiger partial charge on any atom is 0.420 e. The number of carbonyl (C=O) groups is 1. The van der Waals surface area contributed by atoms with E-state index in [4.69, 9.17) is 4.42 Å². The van der Waals surface area contributed by atoms with Crippen molar-refractivity contribution in [1.82, 2.24) is 9.55 Å². The van der Waals surface area contributed by atoms with Gasteiger partial charge in [0, 0.05) is 5.39 Å². The van der Waals surface area contributed by atoms with Crippen molar-refractivity contribution in [3.63, 3.8) is 0 Å². The van der Waals surface area contributed by atoms with Crippen LogP contribution in [0.25, 0.3) is 32.1 Å². The first kappa shape index (κ1) is 15.8. The van der Waals surface area contributed by atoms with Crippen molar-refractivity contribution in [2.45, 2.75) is 6.54 Å². The van der Waals surface area contributed by atoms with Crippen molar-refractivity contribution in [2.24, 2.45) is 0 Å². The second kappa shape index (κ2) is 6.07. The van der Waals surface area contributed by atoms with Gasteiger partial charge in [0.2, 0.25) is 5.91 Å². The molecule has 5 rings (SSSR count). The van der Waals surface area contributed by atoms with Gasteiger partial charge >= 0.3 is 5.76 Å². The predicted molar refractivity (Wildman–Crippen MR) is 106 cm³/mol. The van der Waals surface area contributed by atoms with Crippen LogP contribution in [-0.4, -0.2) is 15.5 Å². The van der Waals surface area contributed by atoms with Crippen molar-refractivity contribution in [1.29, 1.82) is 0 Å². The smallest absolute Gasteiger partial charge is 0.408 e. The van der Waals surface area contributed by atoms with Crippen LogP contribution >= 0.6 is 11.3 Å². The van der Waals surface area contributed by atoms with Crippen LogP contribution in [0.3, 0.4) is 0 Å². The summed E-state index contributed by atoms with van der Waals surface area (Å²) in [5, 5.41) is 5.45. The highest BCUT2D eigenvalue weighted by atomic mass is 32.1. The van der Waals surface area contributed by atoms with Gasteiger partial charge in [-0.2, -0.15) is 0 Å². The number of fused-ring (bicyclic) bond motifs is 4. The van der Waals surface area contributed by atoms with Gasteiger partial charge in [0.15, 0.2) is 10.7 Å². The molecule has 0 aliphatic carbocycles. The Morgan fingerprint density at radius 1 is 1.07 bits per heavy atom. The number of hydrogen-bond acceptors (Lipinski definition) is 5. The van der Waals surface area contributed by atoms with Gasteiger partial charge in [-0.15, -0.1) is 0 Å². The van der Waals surface area contributed by atoms with Crippen molar-refractivity contribution >= 4 is 54.5 Å². The minimum absolute atomic E-state index is 0.132. The fourth-order valence-corrected chi connectivity index (χ4v) is 4.08. The number of anilines is 1. The molecule has 1 amide bonds. The number of carbonyl (C=O) groups excluding carboxylic acids is 1. The lowest BCUT2D eigenvalue weighted by molar-refractivity contribution is -0.116. The standard InChI is InChI=1S/C20H13N3O3S/c24-17(11-23-14-7-3-4-8-15(14)26-20(23)25)21-19-22-18-13-6-2-1-5-12(13)9-10-16(18)27-19/h1-10H,11H2,(H,21,22,24). The Morgan fingerprint density at radius 3 is 2.81 bits per heavy atom. The van der Waals surface area contributed by atoms with Crippen LogP contribution in [0.4, 0.5) is 5.13 Å².